The van der Waals surface area contributed by atoms with Crippen LogP contribution in [-0.4, -0.2) is 57.2 Å². The van der Waals surface area contributed by atoms with E-state index in [-0.39, 0.29) is 17.5 Å². The number of sulfone groups is 1. The van der Waals surface area contributed by atoms with Gasteiger partial charge in [-0.1, -0.05) is 0 Å². The molecule has 0 spiro atoms. The van der Waals surface area contributed by atoms with E-state index in [2.05, 4.69) is 0 Å². The summed E-state index contributed by atoms with van der Waals surface area (Å²) in [5.41, 5.74) is 6.03. The average molecular weight is 384 g/mol. The van der Waals surface area contributed by atoms with Gasteiger partial charge in [0.1, 0.15) is 6.10 Å². The maximum absolute atomic E-state index is 11.6. The highest BCUT2D eigenvalue weighted by molar-refractivity contribution is 7.90. The number of aliphatic carboxylic acids is 1. The zero-order chi connectivity index (χ0) is 19.4. The van der Waals surface area contributed by atoms with Crippen LogP contribution in [0.25, 0.3) is 0 Å². The van der Waals surface area contributed by atoms with Gasteiger partial charge in [-0.2, -0.15) is 13.2 Å². The number of nitrogens with two attached hydrogens (primary N) is 1. The van der Waals surface area contributed by atoms with Crippen LogP contribution in [-0.2, 0) is 19.4 Å². The molecule has 1 aromatic rings. The molecule has 0 radical (unpaired) electrons. The molecule has 25 heavy (non-hydrogen) atoms. The van der Waals surface area contributed by atoms with E-state index in [1.165, 1.54) is 17.0 Å². The number of anilines is 1. The van der Waals surface area contributed by atoms with Crippen molar-refractivity contribution in [2.75, 3.05) is 24.2 Å². The van der Waals surface area contributed by atoms with Crippen molar-refractivity contribution in [3.05, 3.63) is 24.3 Å². The van der Waals surface area contributed by atoms with Crippen molar-refractivity contribution in [2.45, 2.75) is 17.2 Å². The Morgan fingerprint density at radius 2 is 1.84 bits per heavy atom. The van der Waals surface area contributed by atoms with Crippen LogP contribution in [0.15, 0.2) is 29.2 Å². The van der Waals surface area contributed by atoms with Gasteiger partial charge in [0.05, 0.1) is 11.4 Å². The zero-order valence-corrected chi connectivity index (χ0v) is 13.7. The number of carbonyl (C=O) groups excluding carboxylic acids is 1. The van der Waals surface area contributed by atoms with Gasteiger partial charge in [-0.05, 0) is 24.3 Å². The van der Waals surface area contributed by atoms with Gasteiger partial charge in [-0.3, -0.25) is 4.90 Å². The third-order valence-electron chi connectivity index (χ3n) is 2.96. The molecule has 1 aromatic carbocycles. The van der Waals surface area contributed by atoms with Gasteiger partial charge in [0, 0.05) is 18.5 Å². The summed E-state index contributed by atoms with van der Waals surface area (Å²) in [6, 6.07) is 6.09. The molecule has 1 heterocycles. The first-order valence-corrected chi connectivity index (χ1v) is 8.54. The van der Waals surface area contributed by atoms with Gasteiger partial charge < -0.3 is 15.6 Å². The molecule has 1 unspecified atom stereocenters. The third kappa shape index (κ3) is 5.90. The number of carboxylic acid groups (broad SMARTS) is 1. The predicted octanol–water partition coefficient (Wildman–Crippen LogP) is 1.01. The smallest absolute Gasteiger partial charge is 0.475 e. The number of carbonyl (C=O) groups is 2. The Bertz CT molecular complexity index is 733. The minimum atomic E-state index is -5.08. The molecule has 140 valence electrons. The lowest BCUT2D eigenvalue weighted by atomic mass is 10.3. The van der Waals surface area contributed by atoms with E-state index in [9.17, 15) is 26.4 Å². The van der Waals surface area contributed by atoms with Crippen LogP contribution in [0, 0.1) is 0 Å². The van der Waals surface area contributed by atoms with Crippen LogP contribution in [0.3, 0.4) is 0 Å². The fourth-order valence-electron chi connectivity index (χ4n) is 1.73. The Morgan fingerprint density at radius 3 is 2.16 bits per heavy atom. The van der Waals surface area contributed by atoms with Crippen LogP contribution in [0.1, 0.15) is 0 Å². The maximum atomic E-state index is 11.6. The van der Waals surface area contributed by atoms with Gasteiger partial charge in [0.25, 0.3) is 0 Å². The summed E-state index contributed by atoms with van der Waals surface area (Å²) in [6.07, 6.45) is -4.72. The molecule has 1 aliphatic heterocycles. The van der Waals surface area contributed by atoms with Crippen molar-refractivity contribution in [1.29, 1.82) is 0 Å². The SMILES string of the molecule is CS(=O)(=O)c1ccc(N2CC(CN)OC2=O)cc1.O=C(O)C(F)(F)F. The van der Waals surface area contributed by atoms with Crippen molar-refractivity contribution in [2.24, 2.45) is 5.73 Å². The van der Waals surface area contributed by atoms with Crippen LogP contribution in [0.2, 0.25) is 0 Å². The second kappa shape index (κ2) is 7.70. The topological polar surface area (TPSA) is 127 Å². The van der Waals surface area contributed by atoms with E-state index < -0.39 is 28.1 Å². The fraction of sp³-hybridized carbons (Fsp3) is 0.385. The molecule has 0 bridgehead atoms. The quantitative estimate of drug-likeness (QED) is 0.796. The molecule has 12 heteroatoms. The molecule has 0 aromatic heterocycles. The second-order valence-electron chi connectivity index (χ2n) is 4.92. The molecule has 3 N–H and O–H groups in total. The lowest BCUT2D eigenvalue weighted by Crippen LogP contribution is -2.27. The molecule has 8 nitrogen and oxygen atoms in total. The molecule has 0 aliphatic carbocycles. The van der Waals surface area contributed by atoms with Crippen LogP contribution < -0.4 is 10.6 Å². The summed E-state index contributed by atoms with van der Waals surface area (Å²) in [4.78, 5) is 22.1. The number of halogens is 3. The number of ether oxygens (including phenoxy) is 1. The number of cyclic esters (lactones) is 1. The third-order valence-corrected chi connectivity index (χ3v) is 4.08. The first kappa shape index (κ1) is 20.7. The standard InChI is InChI=1S/C11H14N2O4S.C2HF3O2/c1-18(15,16)10-4-2-8(3-5-10)13-7-9(6-12)17-11(13)14;3-2(4,5)1(6)7/h2-5,9H,6-7,12H2,1H3;(H,6,7). The molecule has 2 rings (SSSR count). The molecule has 1 aliphatic rings. The number of hydrogen-bond acceptors (Lipinski definition) is 6. The van der Waals surface area contributed by atoms with Crippen molar-refractivity contribution in [1.82, 2.24) is 0 Å². The van der Waals surface area contributed by atoms with Gasteiger partial charge in [-0.15, -0.1) is 0 Å². The number of rotatable bonds is 3. The number of amides is 1. The maximum Gasteiger partial charge on any atom is 0.490 e. The highest BCUT2D eigenvalue weighted by Gasteiger charge is 2.38. The molecule has 0 saturated carbocycles. The largest absolute Gasteiger partial charge is 0.490 e. The van der Waals surface area contributed by atoms with E-state index >= 15 is 0 Å². The van der Waals surface area contributed by atoms with Gasteiger partial charge in [0.2, 0.25) is 0 Å². The molecule has 1 amide bonds. The number of benzene rings is 1. The van der Waals surface area contributed by atoms with E-state index in [1.807, 2.05) is 0 Å². The highest BCUT2D eigenvalue weighted by Crippen LogP contribution is 2.23. The number of hydrogen-bond donors (Lipinski definition) is 2. The van der Waals surface area contributed by atoms with Gasteiger partial charge in [0.15, 0.2) is 9.84 Å². The number of carboxylic acids is 1. The van der Waals surface area contributed by atoms with Crippen molar-refractivity contribution in [3.8, 4) is 0 Å². The highest BCUT2D eigenvalue weighted by atomic mass is 32.2. The molecule has 1 saturated heterocycles. The summed E-state index contributed by atoms with van der Waals surface area (Å²) in [5.74, 6) is -2.76. The van der Waals surface area contributed by atoms with Crippen molar-refractivity contribution < 1.29 is 41.0 Å². The molecule has 1 atom stereocenters. The van der Waals surface area contributed by atoms with E-state index in [4.69, 9.17) is 20.4 Å². The van der Waals surface area contributed by atoms with E-state index in [0.29, 0.717) is 12.2 Å². The Balaban J connectivity index is 0.000000381. The minimum Gasteiger partial charge on any atom is -0.475 e. The molecule has 1 fully saturated rings. The number of nitrogens with zero attached hydrogens (tertiary/aromatic N) is 1. The van der Waals surface area contributed by atoms with Crippen LogP contribution in [0.4, 0.5) is 23.7 Å². The summed E-state index contributed by atoms with van der Waals surface area (Å²) < 4.78 is 59.4. The predicted molar refractivity (Wildman–Crippen MR) is 79.9 cm³/mol. The monoisotopic (exact) mass is 384 g/mol. The summed E-state index contributed by atoms with van der Waals surface area (Å²) >= 11 is 0. The summed E-state index contributed by atoms with van der Waals surface area (Å²) in [5, 5.41) is 7.12. The first-order chi connectivity index (χ1) is 11.4. The molecular weight excluding hydrogens is 369 g/mol. The van der Waals surface area contributed by atoms with Gasteiger partial charge in [-0.25, -0.2) is 18.0 Å². The van der Waals surface area contributed by atoms with Crippen LogP contribution in [0.5, 0.6) is 0 Å². The second-order valence-corrected chi connectivity index (χ2v) is 6.94. The van der Waals surface area contributed by atoms with Crippen molar-refractivity contribution in [3.63, 3.8) is 0 Å². The Morgan fingerprint density at radius 1 is 1.36 bits per heavy atom. The normalized spacial score (nSPS) is 17.6. The Hall–Kier alpha value is -2.34. The van der Waals surface area contributed by atoms with E-state index in [0.717, 1.165) is 6.26 Å². The van der Waals surface area contributed by atoms with Gasteiger partial charge >= 0.3 is 18.2 Å². The van der Waals surface area contributed by atoms with E-state index in [1.54, 1.807) is 12.1 Å². The summed E-state index contributed by atoms with van der Waals surface area (Å²) in [7, 11) is -3.23. The Kier molecular flexibility index (Phi) is 6.37. The average Bonchev–Trinajstić information content (AvgIpc) is 2.87. The number of alkyl halides is 3. The lowest BCUT2D eigenvalue weighted by molar-refractivity contribution is -0.192. The van der Waals surface area contributed by atoms with Crippen molar-refractivity contribution >= 4 is 27.6 Å². The Labute approximate surface area is 140 Å². The molecular formula is C13H15F3N2O6S. The lowest BCUT2D eigenvalue weighted by Gasteiger charge is -2.12. The zero-order valence-electron chi connectivity index (χ0n) is 12.9. The summed E-state index contributed by atoms with van der Waals surface area (Å²) in [6.45, 7) is 0.650. The fourth-order valence-corrected chi connectivity index (χ4v) is 2.36. The minimum absolute atomic E-state index is 0.217. The first-order valence-electron chi connectivity index (χ1n) is 6.64. The van der Waals surface area contributed by atoms with Crippen LogP contribution >= 0.6 is 0 Å².